The van der Waals surface area contributed by atoms with Gasteiger partial charge in [0.1, 0.15) is 13.2 Å². The summed E-state index contributed by atoms with van der Waals surface area (Å²) in [5, 5.41) is 3.17. The molecular formula is C15H22N2O3. The van der Waals surface area contributed by atoms with Crippen molar-refractivity contribution in [3.8, 4) is 11.5 Å². The molecule has 1 N–H and O–H groups in total. The van der Waals surface area contributed by atoms with Crippen molar-refractivity contribution >= 4 is 5.91 Å². The van der Waals surface area contributed by atoms with Crippen molar-refractivity contribution in [1.29, 1.82) is 0 Å². The Kier molecular flexibility index (Phi) is 5.24. The minimum atomic E-state index is 0.120. The monoisotopic (exact) mass is 278 g/mol. The Bertz CT molecular complexity index is 462. The van der Waals surface area contributed by atoms with E-state index in [0.717, 1.165) is 31.0 Å². The lowest BCUT2D eigenvalue weighted by Crippen LogP contribution is -2.36. The average molecular weight is 278 g/mol. The molecule has 2 rings (SSSR count). The number of carbonyl (C=O) groups is 1. The molecule has 1 aliphatic heterocycles. The fourth-order valence-electron chi connectivity index (χ4n) is 1.98. The van der Waals surface area contributed by atoms with Crippen LogP contribution in [0.3, 0.4) is 0 Å². The standard InChI is InChI=1S/C15H22N2O3/c1-3-17(2)15(18)11-16-7-6-12-4-5-13-14(10-12)20-9-8-19-13/h4-5,10,16H,3,6-9,11H2,1-2H3. The summed E-state index contributed by atoms with van der Waals surface area (Å²) >= 11 is 0. The SMILES string of the molecule is CCN(C)C(=O)CNCCc1ccc2c(c1)OCCO2. The van der Waals surface area contributed by atoms with E-state index in [1.54, 1.807) is 4.90 Å². The minimum Gasteiger partial charge on any atom is -0.486 e. The molecule has 0 spiro atoms. The van der Waals surface area contributed by atoms with E-state index in [1.165, 1.54) is 5.56 Å². The summed E-state index contributed by atoms with van der Waals surface area (Å²) in [6, 6.07) is 5.99. The maximum atomic E-state index is 11.6. The summed E-state index contributed by atoms with van der Waals surface area (Å²) in [7, 11) is 1.81. The number of fused-ring (bicyclic) bond motifs is 1. The first-order valence-corrected chi connectivity index (χ1v) is 7.04. The van der Waals surface area contributed by atoms with E-state index in [1.807, 2.05) is 32.2 Å². The molecule has 0 fully saturated rings. The summed E-state index contributed by atoms with van der Waals surface area (Å²) < 4.78 is 11.0. The molecule has 1 amide bonds. The zero-order valence-electron chi connectivity index (χ0n) is 12.1. The Labute approximate surface area is 119 Å². The first-order valence-electron chi connectivity index (χ1n) is 7.04. The summed E-state index contributed by atoms with van der Waals surface area (Å²) in [4.78, 5) is 13.3. The summed E-state index contributed by atoms with van der Waals surface area (Å²) in [6.45, 7) is 5.07. The molecule has 0 unspecified atom stereocenters. The molecule has 20 heavy (non-hydrogen) atoms. The second-order valence-electron chi connectivity index (χ2n) is 4.81. The molecule has 1 aromatic rings. The lowest BCUT2D eigenvalue weighted by atomic mass is 10.1. The van der Waals surface area contributed by atoms with Crippen LogP contribution in [0, 0.1) is 0 Å². The van der Waals surface area contributed by atoms with Gasteiger partial charge in [-0.05, 0) is 37.6 Å². The van der Waals surface area contributed by atoms with Crippen molar-refractivity contribution in [2.45, 2.75) is 13.3 Å². The predicted molar refractivity (Wildman–Crippen MR) is 77.3 cm³/mol. The van der Waals surface area contributed by atoms with E-state index in [2.05, 4.69) is 5.32 Å². The van der Waals surface area contributed by atoms with Crippen LogP contribution in [-0.4, -0.2) is 50.7 Å². The van der Waals surface area contributed by atoms with E-state index < -0.39 is 0 Å². The summed E-state index contributed by atoms with van der Waals surface area (Å²) in [5.74, 6) is 1.75. The molecular weight excluding hydrogens is 256 g/mol. The highest BCUT2D eigenvalue weighted by atomic mass is 16.6. The van der Waals surface area contributed by atoms with Crippen LogP contribution in [-0.2, 0) is 11.2 Å². The van der Waals surface area contributed by atoms with Crippen LogP contribution in [0.5, 0.6) is 11.5 Å². The van der Waals surface area contributed by atoms with E-state index in [4.69, 9.17) is 9.47 Å². The van der Waals surface area contributed by atoms with Crippen molar-refractivity contribution in [3.63, 3.8) is 0 Å². The number of benzene rings is 1. The predicted octanol–water partition coefficient (Wildman–Crippen LogP) is 1.07. The van der Waals surface area contributed by atoms with Gasteiger partial charge in [0.2, 0.25) is 5.91 Å². The van der Waals surface area contributed by atoms with Crippen LogP contribution in [0.4, 0.5) is 0 Å². The fraction of sp³-hybridized carbons (Fsp3) is 0.533. The Hall–Kier alpha value is -1.75. The van der Waals surface area contributed by atoms with Gasteiger partial charge < -0.3 is 19.7 Å². The van der Waals surface area contributed by atoms with Gasteiger partial charge in [-0.2, -0.15) is 0 Å². The van der Waals surface area contributed by atoms with Crippen molar-refractivity contribution < 1.29 is 14.3 Å². The number of carbonyl (C=O) groups excluding carboxylic acids is 1. The maximum absolute atomic E-state index is 11.6. The molecule has 5 heteroatoms. The van der Waals surface area contributed by atoms with Gasteiger partial charge >= 0.3 is 0 Å². The Morgan fingerprint density at radius 2 is 2.05 bits per heavy atom. The van der Waals surface area contributed by atoms with Gasteiger partial charge in [0.25, 0.3) is 0 Å². The second kappa shape index (κ2) is 7.14. The molecule has 0 bridgehead atoms. The Balaban J connectivity index is 1.76. The van der Waals surface area contributed by atoms with Crippen molar-refractivity contribution in [1.82, 2.24) is 10.2 Å². The lowest BCUT2D eigenvalue weighted by Gasteiger charge is -2.19. The normalized spacial score (nSPS) is 13.1. The van der Waals surface area contributed by atoms with Gasteiger partial charge in [-0.1, -0.05) is 6.07 Å². The van der Waals surface area contributed by atoms with Crippen LogP contribution in [0.2, 0.25) is 0 Å². The molecule has 1 aromatic carbocycles. The zero-order valence-corrected chi connectivity index (χ0v) is 12.1. The number of likely N-dealkylation sites (N-methyl/N-ethyl adjacent to an activating group) is 1. The molecule has 110 valence electrons. The number of nitrogens with one attached hydrogen (secondary N) is 1. The van der Waals surface area contributed by atoms with Crippen molar-refractivity contribution in [3.05, 3.63) is 23.8 Å². The Morgan fingerprint density at radius 1 is 1.30 bits per heavy atom. The van der Waals surface area contributed by atoms with Crippen molar-refractivity contribution in [2.75, 3.05) is 39.9 Å². The van der Waals surface area contributed by atoms with Gasteiger partial charge in [-0.25, -0.2) is 0 Å². The first-order chi connectivity index (χ1) is 9.70. The van der Waals surface area contributed by atoms with Crippen LogP contribution >= 0.6 is 0 Å². The highest BCUT2D eigenvalue weighted by Gasteiger charge is 2.11. The maximum Gasteiger partial charge on any atom is 0.236 e. The number of amides is 1. The van der Waals surface area contributed by atoms with Gasteiger partial charge in [0, 0.05) is 13.6 Å². The molecule has 0 saturated heterocycles. The number of hydrogen-bond donors (Lipinski definition) is 1. The summed E-state index contributed by atoms with van der Waals surface area (Å²) in [6.07, 6.45) is 0.861. The molecule has 0 saturated carbocycles. The smallest absolute Gasteiger partial charge is 0.236 e. The van der Waals surface area contributed by atoms with Crippen LogP contribution in [0.25, 0.3) is 0 Å². The molecule has 0 atom stereocenters. The third kappa shape index (κ3) is 3.87. The molecule has 0 aliphatic carbocycles. The lowest BCUT2D eigenvalue weighted by molar-refractivity contribution is -0.128. The van der Waals surface area contributed by atoms with E-state index in [0.29, 0.717) is 19.8 Å². The largest absolute Gasteiger partial charge is 0.486 e. The van der Waals surface area contributed by atoms with Gasteiger partial charge in [-0.15, -0.1) is 0 Å². The van der Waals surface area contributed by atoms with Gasteiger partial charge in [-0.3, -0.25) is 4.79 Å². The Morgan fingerprint density at radius 3 is 2.80 bits per heavy atom. The van der Waals surface area contributed by atoms with Crippen LogP contribution in [0.1, 0.15) is 12.5 Å². The first kappa shape index (κ1) is 14.7. The van der Waals surface area contributed by atoms with Gasteiger partial charge in [0.05, 0.1) is 6.54 Å². The summed E-state index contributed by atoms with van der Waals surface area (Å²) in [5.41, 5.74) is 1.18. The van der Waals surface area contributed by atoms with Crippen molar-refractivity contribution in [2.24, 2.45) is 0 Å². The fourth-order valence-corrected chi connectivity index (χ4v) is 1.98. The average Bonchev–Trinajstić information content (AvgIpc) is 2.50. The zero-order chi connectivity index (χ0) is 14.4. The highest BCUT2D eigenvalue weighted by Crippen LogP contribution is 2.30. The van der Waals surface area contributed by atoms with E-state index in [9.17, 15) is 4.79 Å². The molecule has 1 heterocycles. The molecule has 0 aromatic heterocycles. The van der Waals surface area contributed by atoms with E-state index in [-0.39, 0.29) is 5.91 Å². The van der Waals surface area contributed by atoms with Gasteiger partial charge in [0.15, 0.2) is 11.5 Å². The number of nitrogens with zero attached hydrogens (tertiary/aromatic N) is 1. The van der Waals surface area contributed by atoms with Crippen LogP contribution in [0.15, 0.2) is 18.2 Å². The molecule has 5 nitrogen and oxygen atoms in total. The second-order valence-corrected chi connectivity index (χ2v) is 4.81. The number of hydrogen-bond acceptors (Lipinski definition) is 4. The third-order valence-corrected chi connectivity index (χ3v) is 3.37. The third-order valence-electron chi connectivity index (χ3n) is 3.37. The molecule has 1 aliphatic rings. The number of ether oxygens (including phenoxy) is 2. The van der Waals surface area contributed by atoms with E-state index >= 15 is 0 Å². The molecule has 0 radical (unpaired) electrons. The minimum absolute atomic E-state index is 0.120. The quantitative estimate of drug-likeness (QED) is 0.791. The topological polar surface area (TPSA) is 50.8 Å². The van der Waals surface area contributed by atoms with Crippen LogP contribution < -0.4 is 14.8 Å². The highest BCUT2D eigenvalue weighted by molar-refractivity contribution is 5.77. The number of rotatable bonds is 6.